The van der Waals surface area contributed by atoms with Crippen molar-refractivity contribution in [3.05, 3.63) is 52.4 Å². The van der Waals surface area contributed by atoms with E-state index in [0.29, 0.717) is 21.2 Å². The van der Waals surface area contributed by atoms with Crippen LogP contribution in [0.25, 0.3) is 0 Å². The molecule has 1 aromatic carbocycles. The minimum Gasteiger partial charge on any atom is -0.487 e. The van der Waals surface area contributed by atoms with Crippen LogP contribution in [0.3, 0.4) is 0 Å². The summed E-state index contributed by atoms with van der Waals surface area (Å²) >= 11 is 5.75. The Labute approximate surface area is 113 Å². The number of rotatable bonds is 3. The van der Waals surface area contributed by atoms with Crippen LogP contribution < -0.4 is 10.2 Å². The van der Waals surface area contributed by atoms with E-state index in [9.17, 15) is 5.21 Å². The van der Waals surface area contributed by atoms with E-state index in [1.165, 1.54) is 6.20 Å². The molecule has 0 saturated carbocycles. The van der Waals surface area contributed by atoms with Gasteiger partial charge in [-0.05, 0) is 24.3 Å². The van der Waals surface area contributed by atoms with Crippen LogP contribution in [0.5, 0.6) is 5.75 Å². The Balaban J connectivity index is 2.16. The Morgan fingerprint density at radius 2 is 2.11 bits per heavy atom. The zero-order chi connectivity index (χ0) is 13.8. The summed E-state index contributed by atoms with van der Waals surface area (Å²) in [5, 5.41) is 26.2. The van der Waals surface area contributed by atoms with Crippen molar-refractivity contribution in [2.75, 3.05) is 0 Å². The Hall–Kier alpha value is -2.52. The average Bonchev–Trinajstić information content (AvgIpc) is 2.41. The van der Waals surface area contributed by atoms with Gasteiger partial charge < -0.3 is 9.94 Å². The first-order chi connectivity index (χ1) is 9.10. The van der Waals surface area contributed by atoms with Crippen LogP contribution >= 0.6 is 11.6 Å². The highest BCUT2D eigenvalue weighted by molar-refractivity contribution is 6.30. The molecule has 2 aromatic rings. The molecule has 6 nitrogen and oxygen atoms in total. The Bertz CT molecular complexity index is 688. The van der Waals surface area contributed by atoms with Gasteiger partial charge in [-0.3, -0.25) is 5.41 Å². The molecule has 0 aliphatic heterocycles. The summed E-state index contributed by atoms with van der Waals surface area (Å²) in [5.74, 6) is 0.587. The number of hydrogen-bond donors (Lipinski definition) is 2. The topological polar surface area (TPSA) is 94.9 Å². The second kappa shape index (κ2) is 5.42. The largest absolute Gasteiger partial charge is 0.487 e. The van der Waals surface area contributed by atoms with Crippen molar-refractivity contribution < 1.29 is 9.94 Å². The van der Waals surface area contributed by atoms with Gasteiger partial charge in [0.25, 0.3) is 0 Å². The molecule has 7 heteroatoms. The maximum Gasteiger partial charge on any atom is 0.197 e. The van der Waals surface area contributed by atoms with Crippen LogP contribution in [-0.2, 0) is 6.61 Å². The molecule has 96 valence electrons. The molecule has 0 radical (unpaired) electrons. The fraction of sp³-hybridized carbons (Fsp3) is 0.0833. The lowest BCUT2D eigenvalue weighted by Gasteiger charge is -2.07. The first-order valence-electron chi connectivity index (χ1n) is 5.25. The first-order valence-corrected chi connectivity index (χ1v) is 5.63. The molecule has 0 fully saturated rings. The van der Waals surface area contributed by atoms with Gasteiger partial charge >= 0.3 is 0 Å². The number of halogens is 1. The van der Waals surface area contributed by atoms with Crippen molar-refractivity contribution in [3.63, 3.8) is 0 Å². The van der Waals surface area contributed by atoms with E-state index in [0.717, 1.165) is 0 Å². The summed E-state index contributed by atoms with van der Waals surface area (Å²) in [6.45, 7) is 0.0666. The summed E-state index contributed by atoms with van der Waals surface area (Å²) in [7, 11) is 0. The van der Waals surface area contributed by atoms with E-state index in [-0.39, 0.29) is 17.8 Å². The quantitative estimate of drug-likeness (QED) is 0.834. The van der Waals surface area contributed by atoms with Gasteiger partial charge in [-0.25, -0.2) is 4.98 Å². The van der Waals surface area contributed by atoms with Gasteiger partial charge in [0, 0.05) is 5.02 Å². The Kier molecular flexibility index (Phi) is 3.68. The number of hydrogen-bond acceptors (Lipinski definition) is 5. The van der Waals surface area contributed by atoms with E-state index >= 15 is 0 Å². The lowest BCUT2D eigenvalue weighted by molar-refractivity contribution is 0.165. The number of aromatic nitrogens is 2. The SMILES string of the molecule is N#Cc1nc(COc2ccc(Cl)cc2)cn(O)c1=N. The molecular formula is C12H9ClN4O2. The minimum absolute atomic E-state index is 0.0666. The molecule has 0 unspecified atom stereocenters. The predicted octanol–water partition coefficient (Wildman–Crippen LogP) is 1.70. The minimum atomic E-state index is -0.363. The molecule has 0 amide bonds. The summed E-state index contributed by atoms with van der Waals surface area (Å²) in [6.07, 6.45) is 1.22. The lowest BCUT2D eigenvalue weighted by atomic mass is 10.3. The zero-order valence-electron chi connectivity index (χ0n) is 9.67. The van der Waals surface area contributed by atoms with Gasteiger partial charge in [0.1, 0.15) is 18.4 Å². The molecule has 0 aliphatic carbocycles. The highest BCUT2D eigenvalue weighted by atomic mass is 35.5. The second-order valence-corrected chi connectivity index (χ2v) is 4.06. The molecule has 0 bridgehead atoms. The van der Waals surface area contributed by atoms with Gasteiger partial charge in [-0.1, -0.05) is 11.6 Å². The number of nitrogens with one attached hydrogen (secondary N) is 1. The van der Waals surface area contributed by atoms with E-state index in [4.69, 9.17) is 27.0 Å². The third-order valence-corrected chi connectivity index (χ3v) is 2.54. The number of ether oxygens (including phenoxy) is 1. The van der Waals surface area contributed by atoms with E-state index < -0.39 is 0 Å². The predicted molar refractivity (Wildman–Crippen MR) is 65.8 cm³/mol. The fourth-order valence-electron chi connectivity index (χ4n) is 1.38. The van der Waals surface area contributed by atoms with Gasteiger partial charge in [-0.15, -0.1) is 0 Å². The highest BCUT2D eigenvalue weighted by Crippen LogP contribution is 2.16. The van der Waals surface area contributed by atoms with Crippen LogP contribution in [-0.4, -0.2) is 14.9 Å². The molecule has 19 heavy (non-hydrogen) atoms. The van der Waals surface area contributed by atoms with Crippen molar-refractivity contribution in [1.29, 1.82) is 10.7 Å². The van der Waals surface area contributed by atoms with E-state index in [2.05, 4.69) is 4.98 Å². The average molecular weight is 277 g/mol. The normalized spacial score (nSPS) is 9.89. The van der Waals surface area contributed by atoms with E-state index in [1.807, 2.05) is 0 Å². The van der Waals surface area contributed by atoms with Gasteiger partial charge in [0.2, 0.25) is 0 Å². The van der Waals surface area contributed by atoms with Crippen LogP contribution in [0, 0.1) is 16.7 Å². The summed E-state index contributed by atoms with van der Waals surface area (Å²) in [4.78, 5) is 3.90. The molecule has 2 rings (SSSR count). The van der Waals surface area contributed by atoms with Crippen molar-refractivity contribution in [2.45, 2.75) is 6.61 Å². The number of benzene rings is 1. The van der Waals surface area contributed by atoms with E-state index in [1.54, 1.807) is 30.3 Å². The summed E-state index contributed by atoms with van der Waals surface area (Å²) in [6, 6.07) is 8.49. The molecule has 2 N–H and O–H groups in total. The lowest BCUT2D eigenvalue weighted by Crippen LogP contribution is -2.23. The molecule has 1 heterocycles. The third-order valence-electron chi connectivity index (χ3n) is 2.29. The molecular weight excluding hydrogens is 268 g/mol. The first kappa shape index (κ1) is 12.9. The van der Waals surface area contributed by atoms with Crippen LogP contribution in [0.1, 0.15) is 11.4 Å². The number of nitrogens with zero attached hydrogens (tertiary/aromatic N) is 3. The van der Waals surface area contributed by atoms with Crippen molar-refractivity contribution in [2.24, 2.45) is 0 Å². The molecule has 0 spiro atoms. The van der Waals surface area contributed by atoms with Crippen molar-refractivity contribution in [1.82, 2.24) is 9.71 Å². The Morgan fingerprint density at radius 3 is 2.74 bits per heavy atom. The third kappa shape index (κ3) is 3.03. The van der Waals surface area contributed by atoms with Crippen LogP contribution in [0.15, 0.2) is 30.5 Å². The fourth-order valence-corrected chi connectivity index (χ4v) is 1.50. The zero-order valence-corrected chi connectivity index (χ0v) is 10.4. The molecule has 0 aliphatic rings. The van der Waals surface area contributed by atoms with Crippen LogP contribution in [0.2, 0.25) is 5.02 Å². The monoisotopic (exact) mass is 276 g/mol. The Morgan fingerprint density at radius 1 is 1.42 bits per heavy atom. The van der Waals surface area contributed by atoms with Crippen LogP contribution in [0.4, 0.5) is 0 Å². The highest BCUT2D eigenvalue weighted by Gasteiger charge is 2.05. The van der Waals surface area contributed by atoms with Crippen molar-refractivity contribution >= 4 is 11.6 Å². The molecule has 1 aromatic heterocycles. The van der Waals surface area contributed by atoms with Gasteiger partial charge in [-0.2, -0.15) is 9.99 Å². The summed E-state index contributed by atoms with van der Waals surface area (Å²) < 4.78 is 5.96. The van der Waals surface area contributed by atoms with Crippen molar-refractivity contribution in [3.8, 4) is 11.8 Å². The molecule has 0 atom stereocenters. The maximum absolute atomic E-state index is 9.41. The second-order valence-electron chi connectivity index (χ2n) is 3.63. The van der Waals surface area contributed by atoms with Gasteiger partial charge in [0.05, 0.1) is 11.9 Å². The smallest absolute Gasteiger partial charge is 0.197 e. The molecule has 0 saturated heterocycles. The van der Waals surface area contributed by atoms with Gasteiger partial charge in [0.15, 0.2) is 11.2 Å². The summed E-state index contributed by atoms with van der Waals surface area (Å²) in [5.41, 5.74) is -0.192. The number of nitriles is 1. The maximum atomic E-state index is 9.41. The standard InChI is InChI=1S/C12H9ClN4O2/c13-8-1-3-10(4-2-8)19-7-9-6-17(18)12(15)11(5-14)16-9/h1-4,6,15,18H,7H2.